The number of unbranched alkanes of at least 4 members (excludes halogenated alkanes) is 3. The Morgan fingerprint density at radius 3 is 2.50 bits per heavy atom. The quantitative estimate of drug-likeness (QED) is 0.502. The Bertz CT molecular complexity index is 329. The van der Waals surface area contributed by atoms with E-state index in [4.69, 9.17) is 5.14 Å². The predicted molar refractivity (Wildman–Crippen MR) is 65.1 cm³/mol. The average molecular weight is 247 g/mol. The largest absolute Gasteiger partial charge is 0.333 e. The van der Waals surface area contributed by atoms with E-state index in [9.17, 15) is 8.42 Å². The summed E-state index contributed by atoms with van der Waals surface area (Å²) >= 11 is 0. The maximum Gasteiger partial charge on any atom is 0.333 e. The molecule has 94 valence electrons. The first kappa shape index (κ1) is 15.4. The first-order valence-electron chi connectivity index (χ1n) is 5.54. The van der Waals surface area contributed by atoms with Crippen molar-refractivity contribution in [1.29, 1.82) is 0 Å². The first-order valence-corrected chi connectivity index (χ1v) is 7.01. The molecule has 0 amide bonds. The van der Waals surface area contributed by atoms with Crippen molar-refractivity contribution in [2.45, 2.75) is 45.4 Å². The lowest BCUT2D eigenvalue weighted by molar-refractivity contribution is 0.321. The minimum absolute atomic E-state index is 0.0739. The third-order valence-electron chi connectivity index (χ3n) is 2.23. The molecule has 0 rings (SSSR count). The Labute approximate surface area is 98.4 Å². The fraction of sp³-hybridized carbons (Fsp3) is 0.727. The van der Waals surface area contributed by atoms with Gasteiger partial charge in [0.05, 0.1) is 6.61 Å². The summed E-state index contributed by atoms with van der Waals surface area (Å²) in [7, 11) is -3.82. The van der Waals surface area contributed by atoms with Crippen molar-refractivity contribution in [2.75, 3.05) is 6.61 Å². The third-order valence-corrected chi connectivity index (χ3v) is 2.73. The van der Waals surface area contributed by atoms with Crippen LogP contribution in [0.1, 0.15) is 45.4 Å². The summed E-state index contributed by atoms with van der Waals surface area (Å²) in [5.74, 6) is 0. The summed E-state index contributed by atoms with van der Waals surface area (Å²) < 4.78 is 25.5. The van der Waals surface area contributed by atoms with Crippen LogP contribution >= 0.6 is 0 Å². The fourth-order valence-electron chi connectivity index (χ4n) is 1.35. The van der Waals surface area contributed by atoms with Gasteiger partial charge in [-0.15, -0.1) is 5.73 Å². The highest BCUT2D eigenvalue weighted by atomic mass is 32.2. The molecule has 2 N–H and O–H groups in total. The smallest absolute Gasteiger partial charge is 0.258 e. The van der Waals surface area contributed by atoms with Crippen LogP contribution in [0.4, 0.5) is 0 Å². The molecule has 0 aromatic heterocycles. The zero-order valence-electron chi connectivity index (χ0n) is 9.87. The summed E-state index contributed by atoms with van der Waals surface area (Å²) in [6.45, 7) is 5.81. The van der Waals surface area contributed by atoms with Crippen molar-refractivity contribution in [3.8, 4) is 0 Å². The average Bonchev–Trinajstić information content (AvgIpc) is 2.20. The van der Waals surface area contributed by atoms with E-state index in [1.54, 1.807) is 0 Å². The zero-order valence-corrected chi connectivity index (χ0v) is 10.7. The number of hydrogen-bond donors (Lipinski definition) is 1. The molecule has 0 aliphatic heterocycles. The monoisotopic (exact) mass is 247 g/mol. The van der Waals surface area contributed by atoms with Crippen LogP contribution in [-0.4, -0.2) is 15.0 Å². The van der Waals surface area contributed by atoms with Crippen LogP contribution in [0.25, 0.3) is 0 Å². The summed E-state index contributed by atoms with van der Waals surface area (Å²) in [4.78, 5) is 0. The van der Waals surface area contributed by atoms with Gasteiger partial charge in [0.2, 0.25) is 0 Å². The molecule has 0 unspecified atom stereocenters. The van der Waals surface area contributed by atoms with Gasteiger partial charge in [0.15, 0.2) is 0 Å². The minimum Gasteiger partial charge on any atom is -0.258 e. The highest BCUT2D eigenvalue weighted by Gasteiger charge is 2.03. The second-order valence-electron chi connectivity index (χ2n) is 3.66. The van der Waals surface area contributed by atoms with Crippen LogP contribution in [0.15, 0.2) is 17.9 Å². The Hall–Kier alpha value is -0.610. The zero-order chi connectivity index (χ0) is 12.4. The summed E-state index contributed by atoms with van der Waals surface area (Å²) in [6, 6.07) is 0. The summed E-state index contributed by atoms with van der Waals surface area (Å²) in [5, 5.41) is 4.71. The van der Waals surface area contributed by atoms with Gasteiger partial charge in [-0.1, -0.05) is 32.8 Å². The lowest BCUT2D eigenvalue weighted by atomic mass is 10.1. The Kier molecular flexibility index (Phi) is 8.21. The Balaban J connectivity index is 3.73. The summed E-state index contributed by atoms with van der Waals surface area (Å²) in [5.41, 5.74) is 3.82. The van der Waals surface area contributed by atoms with Crippen molar-refractivity contribution >= 4 is 10.3 Å². The lowest BCUT2D eigenvalue weighted by Crippen LogP contribution is -2.16. The van der Waals surface area contributed by atoms with Gasteiger partial charge < -0.3 is 0 Å². The van der Waals surface area contributed by atoms with Crippen LogP contribution < -0.4 is 5.14 Å². The summed E-state index contributed by atoms with van der Waals surface area (Å²) in [6.07, 6.45) is 6.10. The molecule has 0 radical (unpaired) electrons. The second-order valence-corrected chi connectivity index (χ2v) is 4.88. The molecule has 0 saturated carbocycles. The molecule has 0 aromatic carbocycles. The van der Waals surface area contributed by atoms with Crippen LogP contribution in [0.2, 0.25) is 0 Å². The standard InChI is InChI=1S/C11H21NO3S/c1-3-5-6-7-8-11(4-2)9-10-15-16(12,13)14/h2-3,5-10H2,1H3,(H2,12,13,14). The van der Waals surface area contributed by atoms with Gasteiger partial charge in [0.25, 0.3) is 0 Å². The lowest BCUT2D eigenvalue weighted by Gasteiger charge is -2.04. The van der Waals surface area contributed by atoms with Crippen molar-refractivity contribution in [3.63, 3.8) is 0 Å². The first-order chi connectivity index (χ1) is 7.49. The van der Waals surface area contributed by atoms with Gasteiger partial charge in [-0.05, 0) is 18.4 Å². The third kappa shape index (κ3) is 9.93. The van der Waals surface area contributed by atoms with Gasteiger partial charge in [0.1, 0.15) is 0 Å². The molecule has 0 spiro atoms. The molecular formula is C11H21NO3S. The van der Waals surface area contributed by atoms with E-state index >= 15 is 0 Å². The van der Waals surface area contributed by atoms with Gasteiger partial charge in [-0.25, -0.2) is 5.14 Å². The Morgan fingerprint density at radius 1 is 1.31 bits per heavy atom. The molecule has 0 atom stereocenters. The van der Waals surface area contributed by atoms with Gasteiger partial charge in [-0.2, -0.15) is 8.42 Å². The van der Waals surface area contributed by atoms with Crippen molar-refractivity contribution in [2.24, 2.45) is 5.14 Å². The van der Waals surface area contributed by atoms with Crippen molar-refractivity contribution in [1.82, 2.24) is 0 Å². The maximum absolute atomic E-state index is 10.5. The van der Waals surface area contributed by atoms with E-state index in [-0.39, 0.29) is 6.61 Å². The molecule has 0 heterocycles. The van der Waals surface area contributed by atoms with Gasteiger partial charge >= 0.3 is 10.3 Å². The molecular weight excluding hydrogens is 226 g/mol. The van der Waals surface area contributed by atoms with E-state index in [1.807, 2.05) is 0 Å². The van der Waals surface area contributed by atoms with E-state index < -0.39 is 10.3 Å². The second kappa shape index (κ2) is 8.53. The fourth-order valence-corrected chi connectivity index (χ4v) is 1.66. The molecule has 5 heteroatoms. The highest BCUT2D eigenvalue weighted by Crippen LogP contribution is 2.12. The van der Waals surface area contributed by atoms with E-state index in [0.29, 0.717) is 6.42 Å². The van der Waals surface area contributed by atoms with Gasteiger partial charge in [0, 0.05) is 6.42 Å². The number of hydrogen-bond acceptors (Lipinski definition) is 3. The minimum atomic E-state index is -3.82. The maximum atomic E-state index is 10.5. The van der Waals surface area contributed by atoms with Crippen LogP contribution in [-0.2, 0) is 14.5 Å². The van der Waals surface area contributed by atoms with Crippen molar-refractivity contribution in [3.05, 3.63) is 17.9 Å². The molecule has 0 aromatic rings. The molecule has 4 nitrogen and oxygen atoms in total. The van der Waals surface area contributed by atoms with Crippen molar-refractivity contribution < 1.29 is 12.6 Å². The van der Waals surface area contributed by atoms with E-state index in [0.717, 1.165) is 18.4 Å². The van der Waals surface area contributed by atoms with E-state index in [1.165, 1.54) is 19.3 Å². The number of nitrogens with two attached hydrogens (primary N) is 1. The Morgan fingerprint density at radius 2 is 2.00 bits per heavy atom. The molecule has 0 aliphatic carbocycles. The topological polar surface area (TPSA) is 69.4 Å². The molecule has 0 bridgehead atoms. The number of rotatable bonds is 9. The molecule has 16 heavy (non-hydrogen) atoms. The van der Waals surface area contributed by atoms with E-state index in [2.05, 4.69) is 23.4 Å². The van der Waals surface area contributed by atoms with Crippen LogP contribution in [0.3, 0.4) is 0 Å². The molecule has 0 aliphatic rings. The highest BCUT2D eigenvalue weighted by molar-refractivity contribution is 7.84. The molecule has 0 fully saturated rings. The predicted octanol–water partition coefficient (Wildman–Crippen LogP) is 2.28. The SMILES string of the molecule is C=C=C(CCCCCC)CCOS(N)(=O)=O. The van der Waals surface area contributed by atoms with Crippen LogP contribution in [0.5, 0.6) is 0 Å². The molecule has 0 saturated heterocycles. The normalized spacial score (nSPS) is 11.1. The van der Waals surface area contributed by atoms with Gasteiger partial charge in [-0.3, -0.25) is 4.18 Å². The van der Waals surface area contributed by atoms with Crippen LogP contribution in [0, 0.1) is 0 Å².